The van der Waals surface area contributed by atoms with Crippen molar-refractivity contribution in [3.8, 4) is 0 Å². The summed E-state index contributed by atoms with van der Waals surface area (Å²) in [7, 11) is -0.379. The number of carboxylic acid groups (broad SMARTS) is 1. The quantitative estimate of drug-likeness (QED) is 0.490. The molecule has 0 amide bonds. The molecule has 0 spiro atoms. The smallest absolute Gasteiger partial charge is 0.335 e. The van der Waals surface area contributed by atoms with E-state index in [0.717, 1.165) is 16.8 Å². The molecule has 1 N–H and O–H groups in total. The van der Waals surface area contributed by atoms with Crippen LogP contribution in [0.5, 0.6) is 0 Å². The van der Waals surface area contributed by atoms with Gasteiger partial charge in [0.2, 0.25) is 0 Å². The molecule has 0 saturated carbocycles. The van der Waals surface area contributed by atoms with E-state index in [1.165, 1.54) is 10.6 Å². The second-order valence-electron chi connectivity index (χ2n) is 5.50. The van der Waals surface area contributed by atoms with Crippen LogP contribution in [0.3, 0.4) is 0 Å². The zero-order valence-electron chi connectivity index (χ0n) is 13.7. The molecule has 0 fully saturated rings. The number of hydrogen-bond donors (Lipinski definition) is 1. The Bertz CT molecular complexity index is 765. The summed E-state index contributed by atoms with van der Waals surface area (Å²) in [5, 5.41) is 11.8. The van der Waals surface area contributed by atoms with Crippen LogP contribution in [-0.2, 0) is 0 Å². The molecule has 4 heteroatoms. The van der Waals surface area contributed by atoms with Gasteiger partial charge in [0, 0.05) is 10.6 Å². The third-order valence-corrected chi connectivity index (χ3v) is 7.65. The van der Waals surface area contributed by atoms with Crippen molar-refractivity contribution in [3.05, 3.63) is 90.5 Å². The van der Waals surface area contributed by atoms with Crippen LogP contribution in [-0.4, -0.2) is 23.0 Å². The summed E-state index contributed by atoms with van der Waals surface area (Å²) >= 11 is 1.78. The van der Waals surface area contributed by atoms with E-state index in [0.29, 0.717) is 5.56 Å². The lowest BCUT2D eigenvalue weighted by Crippen LogP contribution is -2.14. The van der Waals surface area contributed by atoms with E-state index in [4.69, 9.17) is 5.11 Å². The Morgan fingerprint density at radius 1 is 0.800 bits per heavy atom. The van der Waals surface area contributed by atoms with Gasteiger partial charge in [-0.25, -0.2) is 4.79 Å². The van der Waals surface area contributed by atoms with Gasteiger partial charge < -0.3 is 5.11 Å². The summed E-state index contributed by atoms with van der Waals surface area (Å²) in [5.74, 6) is 0.121. The highest BCUT2D eigenvalue weighted by atomic mass is 32.2. The number of carboxylic acids is 1. The van der Waals surface area contributed by atoms with Crippen LogP contribution in [0.4, 0.5) is 0 Å². The standard InChI is InChI=1S/C21H19O2PS/c22-21(23)17-11-13-20(14-12-17)25-16-15-24(18-7-3-1-4-8-18)19-9-5-2-6-10-19/h1-14H,15-16H2,(H,22,23). The Morgan fingerprint density at radius 2 is 1.32 bits per heavy atom. The number of rotatable bonds is 7. The normalized spacial score (nSPS) is 10.8. The lowest BCUT2D eigenvalue weighted by atomic mass is 10.2. The van der Waals surface area contributed by atoms with Crippen LogP contribution in [0, 0.1) is 0 Å². The van der Waals surface area contributed by atoms with Crippen molar-refractivity contribution in [1.82, 2.24) is 0 Å². The predicted molar refractivity (Wildman–Crippen MR) is 108 cm³/mol. The molecule has 0 unspecified atom stereocenters. The van der Waals surface area contributed by atoms with Crippen LogP contribution < -0.4 is 10.6 Å². The third kappa shape index (κ3) is 4.94. The van der Waals surface area contributed by atoms with Crippen molar-refractivity contribution in [2.45, 2.75) is 4.90 Å². The Morgan fingerprint density at radius 3 is 1.80 bits per heavy atom. The van der Waals surface area contributed by atoms with Gasteiger partial charge in [-0.15, -0.1) is 11.8 Å². The molecule has 0 aliphatic heterocycles. The lowest BCUT2D eigenvalue weighted by Gasteiger charge is -2.18. The molecule has 0 bridgehead atoms. The second-order valence-corrected chi connectivity index (χ2v) is 9.01. The largest absolute Gasteiger partial charge is 0.478 e. The molecule has 3 rings (SSSR count). The number of thioether (sulfide) groups is 1. The van der Waals surface area contributed by atoms with Gasteiger partial charge in [-0.1, -0.05) is 60.7 Å². The van der Waals surface area contributed by atoms with E-state index in [1.807, 2.05) is 12.1 Å². The molecule has 0 saturated heterocycles. The van der Waals surface area contributed by atoms with Crippen LogP contribution in [0.1, 0.15) is 10.4 Å². The summed E-state index contributed by atoms with van der Waals surface area (Å²) in [6.07, 6.45) is 1.09. The number of hydrogen-bond acceptors (Lipinski definition) is 2. The molecule has 25 heavy (non-hydrogen) atoms. The van der Waals surface area contributed by atoms with Gasteiger partial charge in [0.25, 0.3) is 0 Å². The van der Waals surface area contributed by atoms with Crippen molar-refractivity contribution in [2.24, 2.45) is 0 Å². The third-order valence-electron chi connectivity index (χ3n) is 3.82. The fourth-order valence-electron chi connectivity index (χ4n) is 2.57. The molecule has 0 heterocycles. The van der Waals surface area contributed by atoms with E-state index < -0.39 is 5.97 Å². The van der Waals surface area contributed by atoms with E-state index in [2.05, 4.69) is 60.7 Å². The first-order valence-electron chi connectivity index (χ1n) is 8.08. The zero-order valence-corrected chi connectivity index (χ0v) is 15.4. The van der Waals surface area contributed by atoms with Gasteiger partial charge in [-0.05, 0) is 49.0 Å². The van der Waals surface area contributed by atoms with Gasteiger partial charge in [-0.3, -0.25) is 0 Å². The summed E-state index contributed by atoms with van der Waals surface area (Å²) in [6.45, 7) is 0. The summed E-state index contributed by atoms with van der Waals surface area (Å²) in [6, 6.07) is 28.5. The Kier molecular flexibility index (Phi) is 6.27. The van der Waals surface area contributed by atoms with E-state index in [9.17, 15) is 4.79 Å². The minimum Gasteiger partial charge on any atom is -0.478 e. The highest BCUT2D eigenvalue weighted by molar-refractivity contribution is 7.99. The monoisotopic (exact) mass is 366 g/mol. The Labute approximate surface area is 153 Å². The molecular formula is C21H19O2PS. The molecule has 0 atom stereocenters. The number of benzene rings is 3. The molecule has 3 aromatic rings. The van der Waals surface area contributed by atoms with Crippen molar-refractivity contribution in [2.75, 3.05) is 11.9 Å². The first-order valence-corrected chi connectivity index (χ1v) is 10.6. The fourth-order valence-corrected chi connectivity index (χ4v) is 6.11. The highest BCUT2D eigenvalue weighted by Crippen LogP contribution is 2.35. The number of aromatic carboxylic acids is 1. The van der Waals surface area contributed by atoms with Gasteiger partial charge in [0.05, 0.1) is 5.56 Å². The average molecular weight is 366 g/mol. The maximum absolute atomic E-state index is 10.9. The molecular weight excluding hydrogens is 347 g/mol. The summed E-state index contributed by atoms with van der Waals surface area (Å²) in [5.41, 5.74) is 0.333. The minimum atomic E-state index is -0.881. The first-order chi connectivity index (χ1) is 12.2. The average Bonchev–Trinajstić information content (AvgIpc) is 2.67. The van der Waals surface area contributed by atoms with E-state index in [1.54, 1.807) is 23.9 Å². The molecule has 3 aromatic carbocycles. The van der Waals surface area contributed by atoms with Crippen molar-refractivity contribution in [1.29, 1.82) is 0 Å². The number of carbonyl (C=O) groups is 1. The highest BCUT2D eigenvalue weighted by Gasteiger charge is 2.13. The summed E-state index contributed by atoms with van der Waals surface area (Å²) in [4.78, 5) is 12.0. The maximum Gasteiger partial charge on any atom is 0.335 e. The van der Waals surface area contributed by atoms with Gasteiger partial charge in [-0.2, -0.15) is 0 Å². The van der Waals surface area contributed by atoms with E-state index in [-0.39, 0.29) is 7.92 Å². The Balaban J connectivity index is 1.68. The van der Waals surface area contributed by atoms with Crippen LogP contribution in [0.2, 0.25) is 0 Å². The Hall–Kier alpha value is -2.09. The van der Waals surface area contributed by atoms with E-state index >= 15 is 0 Å². The molecule has 0 radical (unpaired) electrons. The topological polar surface area (TPSA) is 37.3 Å². The van der Waals surface area contributed by atoms with Gasteiger partial charge >= 0.3 is 5.97 Å². The van der Waals surface area contributed by atoms with Gasteiger partial charge in [0.15, 0.2) is 0 Å². The van der Waals surface area contributed by atoms with Gasteiger partial charge in [0.1, 0.15) is 0 Å². The SMILES string of the molecule is O=C(O)c1ccc(SCCP(c2ccccc2)c2ccccc2)cc1. The van der Waals surface area contributed by atoms with Crippen molar-refractivity contribution in [3.63, 3.8) is 0 Å². The van der Waals surface area contributed by atoms with Crippen LogP contribution in [0.15, 0.2) is 89.8 Å². The predicted octanol–water partition coefficient (Wildman–Crippen LogP) is 4.61. The second kappa shape index (κ2) is 8.84. The molecule has 0 aromatic heterocycles. The lowest BCUT2D eigenvalue weighted by molar-refractivity contribution is 0.0697. The molecule has 126 valence electrons. The van der Waals surface area contributed by atoms with Crippen molar-refractivity contribution < 1.29 is 9.90 Å². The molecule has 2 nitrogen and oxygen atoms in total. The molecule has 0 aliphatic rings. The van der Waals surface area contributed by atoms with Crippen LogP contribution >= 0.6 is 19.7 Å². The van der Waals surface area contributed by atoms with Crippen LogP contribution in [0.25, 0.3) is 0 Å². The van der Waals surface area contributed by atoms with Crippen molar-refractivity contribution >= 4 is 36.3 Å². The summed E-state index contributed by atoms with van der Waals surface area (Å²) < 4.78 is 0. The molecule has 0 aliphatic carbocycles. The first kappa shape index (κ1) is 17.7. The fraction of sp³-hybridized carbons (Fsp3) is 0.0952. The zero-order chi connectivity index (χ0) is 17.5. The minimum absolute atomic E-state index is 0.333. The maximum atomic E-state index is 10.9.